The van der Waals surface area contributed by atoms with Crippen LogP contribution in [-0.4, -0.2) is 11.6 Å². The molecule has 0 N–H and O–H groups in total. The summed E-state index contributed by atoms with van der Waals surface area (Å²) < 4.78 is 0. The van der Waals surface area contributed by atoms with Crippen LogP contribution in [0.4, 0.5) is 0 Å². The maximum absolute atomic E-state index is 12.1. The minimum atomic E-state index is -0.500. The summed E-state index contributed by atoms with van der Waals surface area (Å²) in [6.07, 6.45) is 2.59. The molecule has 0 aliphatic rings. The van der Waals surface area contributed by atoms with Crippen LogP contribution in [-0.2, 0) is 9.59 Å². The summed E-state index contributed by atoms with van der Waals surface area (Å²) in [6.45, 7) is 13.2. The highest BCUT2D eigenvalue weighted by Gasteiger charge is 2.33. The predicted octanol–water partition coefficient (Wildman–Crippen LogP) is 3.41. The van der Waals surface area contributed by atoms with Gasteiger partial charge in [-0.1, -0.05) is 40.7 Å². The van der Waals surface area contributed by atoms with E-state index in [2.05, 4.69) is 6.58 Å². The number of allylic oxidation sites excluding steroid dienone is 1. The molecule has 16 heavy (non-hydrogen) atoms. The van der Waals surface area contributed by atoms with Gasteiger partial charge in [-0.15, -0.1) is 6.58 Å². The Labute approximate surface area is 99.1 Å². The third kappa shape index (κ3) is 4.73. The van der Waals surface area contributed by atoms with Crippen LogP contribution in [0.5, 0.6) is 0 Å². The molecule has 2 nitrogen and oxygen atoms in total. The fourth-order valence-electron chi connectivity index (χ4n) is 1.62. The number of ketones is 2. The summed E-state index contributed by atoms with van der Waals surface area (Å²) in [5.74, 6) is -0.125. The van der Waals surface area contributed by atoms with E-state index in [1.165, 1.54) is 0 Å². The Morgan fingerprint density at radius 1 is 1.25 bits per heavy atom. The molecule has 0 aromatic rings. The first-order valence-corrected chi connectivity index (χ1v) is 5.88. The van der Waals surface area contributed by atoms with Crippen molar-refractivity contribution in [2.75, 3.05) is 0 Å². The second-order valence-electron chi connectivity index (χ2n) is 5.76. The molecule has 0 aromatic carbocycles. The van der Waals surface area contributed by atoms with Crippen molar-refractivity contribution in [1.82, 2.24) is 0 Å². The Bertz CT molecular complexity index is 269. The van der Waals surface area contributed by atoms with Crippen LogP contribution < -0.4 is 0 Å². The highest BCUT2D eigenvalue weighted by molar-refractivity contribution is 6.04. The van der Waals surface area contributed by atoms with E-state index in [9.17, 15) is 9.59 Å². The van der Waals surface area contributed by atoms with Gasteiger partial charge in [-0.2, -0.15) is 0 Å². The lowest BCUT2D eigenvalue weighted by atomic mass is 9.78. The first-order valence-electron chi connectivity index (χ1n) is 5.88. The smallest absolute Gasteiger partial charge is 0.148 e. The standard InChI is InChI=1S/C14H24O2/c1-7-8-11(12(15)9-10(2)3)13(16)14(4,5)6/h7,10-11H,1,8-9H2,2-6H3. The Kier molecular flexibility index (Phi) is 5.63. The van der Waals surface area contributed by atoms with Crippen molar-refractivity contribution in [1.29, 1.82) is 0 Å². The molecule has 0 amide bonds. The normalized spacial score (nSPS) is 13.6. The molecule has 92 valence electrons. The van der Waals surface area contributed by atoms with Gasteiger partial charge in [-0.3, -0.25) is 9.59 Å². The second kappa shape index (κ2) is 5.97. The Hall–Kier alpha value is -0.920. The van der Waals surface area contributed by atoms with E-state index in [4.69, 9.17) is 0 Å². The van der Waals surface area contributed by atoms with E-state index in [0.717, 1.165) is 0 Å². The van der Waals surface area contributed by atoms with Gasteiger partial charge < -0.3 is 0 Å². The SMILES string of the molecule is C=CCC(C(=O)CC(C)C)C(=O)C(C)(C)C. The van der Waals surface area contributed by atoms with E-state index >= 15 is 0 Å². The summed E-state index contributed by atoms with van der Waals surface area (Å²) in [7, 11) is 0. The van der Waals surface area contributed by atoms with E-state index in [1.54, 1.807) is 6.08 Å². The molecular formula is C14H24O2. The molecule has 0 aliphatic heterocycles. The fraction of sp³-hybridized carbons (Fsp3) is 0.714. The molecule has 0 saturated carbocycles. The number of rotatable bonds is 6. The van der Waals surface area contributed by atoms with Gasteiger partial charge in [0.25, 0.3) is 0 Å². The summed E-state index contributed by atoms with van der Waals surface area (Å²) in [5.41, 5.74) is -0.458. The first-order chi connectivity index (χ1) is 7.20. The quantitative estimate of drug-likeness (QED) is 0.512. The van der Waals surface area contributed by atoms with E-state index < -0.39 is 11.3 Å². The van der Waals surface area contributed by atoms with Gasteiger partial charge in [0.05, 0.1) is 5.92 Å². The van der Waals surface area contributed by atoms with Crippen LogP contribution in [0.3, 0.4) is 0 Å². The van der Waals surface area contributed by atoms with Crippen LogP contribution in [0.1, 0.15) is 47.5 Å². The monoisotopic (exact) mass is 224 g/mol. The molecule has 0 rings (SSSR count). The molecule has 0 heterocycles. The van der Waals surface area contributed by atoms with Crippen LogP contribution in [0.25, 0.3) is 0 Å². The van der Waals surface area contributed by atoms with E-state index in [1.807, 2.05) is 34.6 Å². The number of hydrogen-bond donors (Lipinski definition) is 0. The van der Waals surface area contributed by atoms with Gasteiger partial charge in [-0.05, 0) is 12.3 Å². The van der Waals surface area contributed by atoms with Gasteiger partial charge in [0, 0.05) is 11.8 Å². The van der Waals surface area contributed by atoms with Crippen LogP contribution in [0.2, 0.25) is 0 Å². The van der Waals surface area contributed by atoms with Gasteiger partial charge in [0.2, 0.25) is 0 Å². The Morgan fingerprint density at radius 3 is 2.06 bits per heavy atom. The fourth-order valence-corrected chi connectivity index (χ4v) is 1.62. The number of Topliss-reactive ketones (excluding diaryl/α,β-unsaturated/α-hetero) is 2. The molecule has 0 bridgehead atoms. The van der Waals surface area contributed by atoms with E-state index in [0.29, 0.717) is 18.8 Å². The largest absolute Gasteiger partial charge is 0.299 e. The minimum Gasteiger partial charge on any atom is -0.299 e. The van der Waals surface area contributed by atoms with Crippen LogP contribution in [0, 0.1) is 17.3 Å². The third-order valence-corrected chi connectivity index (χ3v) is 2.46. The molecule has 0 saturated heterocycles. The lowest BCUT2D eigenvalue weighted by Crippen LogP contribution is -2.33. The van der Waals surface area contributed by atoms with Crippen molar-refractivity contribution in [3.05, 3.63) is 12.7 Å². The number of carbonyl (C=O) groups excluding carboxylic acids is 2. The van der Waals surface area contributed by atoms with Gasteiger partial charge in [-0.25, -0.2) is 0 Å². The lowest BCUT2D eigenvalue weighted by molar-refractivity contribution is -0.137. The molecule has 1 atom stereocenters. The molecule has 0 radical (unpaired) electrons. The van der Waals surface area contributed by atoms with Crippen LogP contribution in [0.15, 0.2) is 12.7 Å². The Morgan fingerprint density at radius 2 is 1.75 bits per heavy atom. The first kappa shape index (κ1) is 15.1. The van der Waals surface area contributed by atoms with Crippen molar-refractivity contribution < 1.29 is 9.59 Å². The van der Waals surface area contributed by atoms with Crippen molar-refractivity contribution in [3.63, 3.8) is 0 Å². The molecule has 0 fully saturated rings. The van der Waals surface area contributed by atoms with Gasteiger partial charge >= 0.3 is 0 Å². The molecular weight excluding hydrogens is 200 g/mol. The van der Waals surface area contributed by atoms with Gasteiger partial charge in [0.15, 0.2) is 0 Å². The summed E-state index contributed by atoms with van der Waals surface area (Å²) in [6, 6.07) is 0. The lowest BCUT2D eigenvalue weighted by Gasteiger charge is -2.23. The van der Waals surface area contributed by atoms with Gasteiger partial charge in [0.1, 0.15) is 11.6 Å². The van der Waals surface area contributed by atoms with Crippen LogP contribution >= 0.6 is 0 Å². The van der Waals surface area contributed by atoms with Crippen molar-refractivity contribution in [2.45, 2.75) is 47.5 Å². The maximum Gasteiger partial charge on any atom is 0.148 e. The number of carbonyl (C=O) groups is 2. The highest BCUT2D eigenvalue weighted by atomic mass is 16.2. The summed E-state index contributed by atoms with van der Waals surface area (Å²) in [4.78, 5) is 24.1. The van der Waals surface area contributed by atoms with Crippen molar-refractivity contribution in [2.24, 2.45) is 17.3 Å². The van der Waals surface area contributed by atoms with Crippen molar-refractivity contribution in [3.8, 4) is 0 Å². The zero-order chi connectivity index (χ0) is 12.9. The van der Waals surface area contributed by atoms with E-state index in [-0.39, 0.29) is 11.6 Å². The molecule has 2 heteroatoms. The topological polar surface area (TPSA) is 34.1 Å². The predicted molar refractivity (Wildman–Crippen MR) is 67.2 cm³/mol. The molecule has 0 aromatic heterocycles. The second-order valence-corrected chi connectivity index (χ2v) is 5.76. The minimum absolute atomic E-state index is 0.0260. The zero-order valence-corrected chi connectivity index (χ0v) is 11.2. The average molecular weight is 224 g/mol. The average Bonchev–Trinajstić information content (AvgIpc) is 2.10. The molecule has 0 spiro atoms. The molecule has 0 aliphatic carbocycles. The summed E-state index contributed by atoms with van der Waals surface area (Å²) >= 11 is 0. The third-order valence-electron chi connectivity index (χ3n) is 2.46. The maximum atomic E-state index is 12.1. The van der Waals surface area contributed by atoms with Crippen molar-refractivity contribution >= 4 is 11.6 Å². The Balaban J connectivity index is 4.80. The summed E-state index contributed by atoms with van der Waals surface area (Å²) in [5, 5.41) is 0. The highest BCUT2D eigenvalue weighted by Crippen LogP contribution is 2.25. The zero-order valence-electron chi connectivity index (χ0n) is 11.2. The molecule has 1 unspecified atom stereocenters. The number of hydrogen-bond acceptors (Lipinski definition) is 2.